The fourth-order valence-electron chi connectivity index (χ4n) is 2.73. The number of ether oxygens (including phenoxy) is 1. The number of likely N-dealkylation sites (N-methyl/N-ethyl adjacent to an activating group) is 1. The van der Waals surface area contributed by atoms with E-state index >= 15 is 0 Å². The number of nitrogens with zero attached hydrogens (tertiary/aromatic N) is 1. The van der Waals surface area contributed by atoms with Crippen LogP contribution >= 0.6 is 11.6 Å². The van der Waals surface area contributed by atoms with Gasteiger partial charge in [-0.15, -0.1) is 0 Å². The van der Waals surface area contributed by atoms with E-state index in [9.17, 15) is 13.2 Å². The van der Waals surface area contributed by atoms with E-state index in [1.165, 1.54) is 17.0 Å². The van der Waals surface area contributed by atoms with Gasteiger partial charge in [0.25, 0.3) is 5.91 Å². The Morgan fingerprint density at radius 2 is 1.62 bits per heavy atom. The third-order valence-electron chi connectivity index (χ3n) is 4.42. The largest absolute Gasteiger partial charge is 0.482 e. The lowest BCUT2D eigenvalue weighted by molar-refractivity contribution is -0.120. The molecule has 29 heavy (non-hydrogen) atoms. The molecule has 0 atom stereocenters. The molecule has 0 fully saturated rings. The van der Waals surface area contributed by atoms with Crippen molar-refractivity contribution < 1.29 is 17.9 Å². The van der Waals surface area contributed by atoms with Gasteiger partial charge in [-0.2, -0.15) is 0 Å². The third kappa shape index (κ3) is 5.16. The van der Waals surface area contributed by atoms with Gasteiger partial charge in [0.2, 0.25) is 0 Å². The zero-order chi connectivity index (χ0) is 21.0. The summed E-state index contributed by atoms with van der Waals surface area (Å²) in [5, 5.41) is 0.416. The van der Waals surface area contributed by atoms with Gasteiger partial charge in [0.05, 0.1) is 9.92 Å². The first-order chi connectivity index (χ1) is 13.8. The van der Waals surface area contributed by atoms with Crippen LogP contribution in [-0.2, 0) is 14.6 Å². The normalized spacial score (nSPS) is 11.1. The van der Waals surface area contributed by atoms with Crippen molar-refractivity contribution in [3.8, 4) is 16.9 Å². The second-order valence-corrected chi connectivity index (χ2v) is 8.94. The maximum Gasteiger partial charge on any atom is 0.264 e. The fourth-order valence-corrected chi connectivity index (χ4v) is 3.59. The van der Waals surface area contributed by atoms with E-state index in [2.05, 4.69) is 0 Å². The van der Waals surface area contributed by atoms with Crippen molar-refractivity contribution in [3.63, 3.8) is 0 Å². The summed E-state index contributed by atoms with van der Waals surface area (Å²) in [4.78, 5) is 14.0. The lowest BCUT2D eigenvalue weighted by atomic mass is 10.1. The lowest BCUT2D eigenvalue weighted by Gasteiger charge is -2.18. The van der Waals surface area contributed by atoms with E-state index < -0.39 is 9.84 Å². The van der Waals surface area contributed by atoms with Crippen molar-refractivity contribution in [3.05, 3.63) is 77.8 Å². The quantitative estimate of drug-likeness (QED) is 0.580. The summed E-state index contributed by atoms with van der Waals surface area (Å²) in [5.74, 6) is 0.126. The number of hydrogen-bond acceptors (Lipinski definition) is 4. The second-order valence-electron chi connectivity index (χ2n) is 6.52. The highest BCUT2D eigenvalue weighted by Crippen LogP contribution is 2.30. The van der Waals surface area contributed by atoms with Crippen LogP contribution in [0.25, 0.3) is 11.1 Å². The van der Waals surface area contributed by atoms with Gasteiger partial charge in [-0.3, -0.25) is 4.79 Å². The topological polar surface area (TPSA) is 63.7 Å². The zero-order valence-corrected chi connectivity index (χ0v) is 17.6. The average Bonchev–Trinajstić information content (AvgIpc) is 2.72. The van der Waals surface area contributed by atoms with Gasteiger partial charge in [-0.1, -0.05) is 48.0 Å². The van der Waals surface area contributed by atoms with E-state index in [0.717, 1.165) is 17.4 Å². The van der Waals surface area contributed by atoms with Crippen LogP contribution < -0.4 is 9.64 Å². The van der Waals surface area contributed by atoms with E-state index in [-0.39, 0.29) is 17.4 Å². The minimum atomic E-state index is -3.28. The summed E-state index contributed by atoms with van der Waals surface area (Å²) in [6.07, 6.45) is 1.14. The van der Waals surface area contributed by atoms with Crippen LogP contribution in [0.1, 0.15) is 0 Å². The lowest BCUT2D eigenvalue weighted by Crippen LogP contribution is -2.31. The number of amides is 1. The van der Waals surface area contributed by atoms with Gasteiger partial charge < -0.3 is 9.64 Å². The van der Waals surface area contributed by atoms with Crippen molar-refractivity contribution in [1.29, 1.82) is 0 Å². The number of benzene rings is 3. The van der Waals surface area contributed by atoms with Crippen LogP contribution in [0, 0.1) is 0 Å². The number of carbonyl (C=O) groups excluding carboxylic acids is 1. The molecule has 0 spiro atoms. The first kappa shape index (κ1) is 20.9. The molecule has 0 unspecified atom stereocenters. The molecule has 3 aromatic carbocycles. The van der Waals surface area contributed by atoms with Crippen molar-refractivity contribution in [2.75, 3.05) is 24.8 Å². The summed E-state index contributed by atoms with van der Waals surface area (Å²) in [6.45, 7) is -0.200. The van der Waals surface area contributed by atoms with Crippen LogP contribution in [0.5, 0.6) is 5.75 Å². The predicted octanol–water partition coefficient (Wildman–Crippen LogP) is 4.45. The Morgan fingerprint density at radius 3 is 2.21 bits per heavy atom. The molecule has 0 aliphatic rings. The molecule has 0 bridgehead atoms. The van der Waals surface area contributed by atoms with Gasteiger partial charge in [0.15, 0.2) is 16.4 Å². The van der Waals surface area contributed by atoms with E-state index in [4.69, 9.17) is 16.3 Å². The molecule has 0 saturated heterocycles. The number of carbonyl (C=O) groups is 1. The van der Waals surface area contributed by atoms with Crippen molar-refractivity contribution in [2.45, 2.75) is 4.90 Å². The average molecular weight is 430 g/mol. The molecule has 0 aliphatic heterocycles. The summed E-state index contributed by atoms with van der Waals surface area (Å²) in [7, 11) is -1.68. The molecule has 150 valence electrons. The van der Waals surface area contributed by atoms with Crippen molar-refractivity contribution in [2.24, 2.45) is 0 Å². The third-order valence-corrected chi connectivity index (χ3v) is 5.84. The summed E-state index contributed by atoms with van der Waals surface area (Å²) >= 11 is 6.31. The molecule has 3 rings (SSSR count). The minimum absolute atomic E-state index is 0.198. The monoisotopic (exact) mass is 429 g/mol. The van der Waals surface area contributed by atoms with Gasteiger partial charge >= 0.3 is 0 Å². The fraction of sp³-hybridized carbons (Fsp3) is 0.136. The van der Waals surface area contributed by atoms with Gasteiger partial charge in [-0.05, 0) is 47.5 Å². The van der Waals surface area contributed by atoms with Crippen LogP contribution in [0.2, 0.25) is 5.02 Å². The molecule has 0 aromatic heterocycles. The van der Waals surface area contributed by atoms with Crippen LogP contribution in [0.4, 0.5) is 5.69 Å². The number of halogens is 1. The second kappa shape index (κ2) is 8.68. The minimum Gasteiger partial charge on any atom is -0.482 e. The first-order valence-electron chi connectivity index (χ1n) is 8.80. The Bertz CT molecular complexity index is 1110. The van der Waals surface area contributed by atoms with Crippen LogP contribution in [-0.4, -0.2) is 34.2 Å². The van der Waals surface area contributed by atoms with E-state index in [0.29, 0.717) is 16.5 Å². The highest BCUT2D eigenvalue weighted by Gasteiger charge is 2.14. The zero-order valence-electron chi connectivity index (χ0n) is 16.0. The number of anilines is 1. The Hall–Kier alpha value is -2.83. The highest BCUT2D eigenvalue weighted by molar-refractivity contribution is 7.90. The van der Waals surface area contributed by atoms with Gasteiger partial charge in [0, 0.05) is 19.0 Å². The number of sulfone groups is 1. The maximum atomic E-state index is 12.4. The Morgan fingerprint density at radius 1 is 0.966 bits per heavy atom. The molecule has 1 amide bonds. The Kier molecular flexibility index (Phi) is 6.25. The molecule has 3 aromatic rings. The molecule has 5 nitrogen and oxygen atoms in total. The van der Waals surface area contributed by atoms with Gasteiger partial charge in [-0.25, -0.2) is 8.42 Å². The molecular weight excluding hydrogens is 410 g/mol. The van der Waals surface area contributed by atoms with Crippen LogP contribution in [0.15, 0.2) is 77.7 Å². The van der Waals surface area contributed by atoms with E-state index in [1.807, 2.05) is 36.4 Å². The standard InChI is InChI=1S/C22H20ClNO4S/c1-24(18-9-11-19(12-10-18)29(2,26)27)22(25)15-28-21-13-8-17(14-20(21)23)16-6-4-3-5-7-16/h3-14H,15H2,1-2H3. The van der Waals surface area contributed by atoms with Crippen molar-refractivity contribution >= 4 is 33.0 Å². The molecule has 7 heteroatoms. The molecular formula is C22H20ClNO4S. The Balaban J connectivity index is 1.65. The summed E-state index contributed by atoms with van der Waals surface area (Å²) in [6, 6.07) is 21.3. The first-order valence-corrected chi connectivity index (χ1v) is 11.1. The summed E-state index contributed by atoms with van der Waals surface area (Å²) in [5.41, 5.74) is 2.56. The molecule has 0 N–H and O–H groups in total. The van der Waals surface area contributed by atoms with E-state index in [1.54, 1.807) is 31.3 Å². The maximum absolute atomic E-state index is 12.4. The number of rotatable bonds is 6. The Labute approximate surface area is 175 Å². The predicted molar refractivity (Wildman–Crippen MR) is 115 cm³/mol. The van der Waals surface area contributed by atoms with Crippen LogP contribution in [0.3, 0.4) is 0 Å². The number of hydrogen-bond donors (Lipinski definition) is 0. The molecule has 0 saturated carbocycles. The highest BCUT2D eigenvalue weighted by atomic mass is 35.5. The molecule has 0 aliphatic carbocycles. The summed E-state index contributed by atoms with van der Waals surface area (Å²) < 4.78 is 28.7. The molecule has 0 heterocycles. The SMILES string of the molecule is CN(C(=O)COc1ccc(-c2ccccc2)cc1Cl)c1ccc(S(C)(=O)=O)cc1. The van der Waals surface area contributed by atoms with Gasteiger partial charge in [0.1, 0.15) is 5.75 Å². The molecule has 0 radical (unpaired) electrons. The van der Waals surface area contributed by atoms with Crippen molar-refractivity contribution in [1.82, 2.24) is 0 Å². The smallest absolute Gasteiger partial charge is 0.264 e.